The van der Waals surface area contributed by atoms with E-state index in [9.17, 15) is 5.11 Å². The zero-order valence-corrected chi connectivity index (χ0v) is 10.5. The standard InChI is InChI=1S/C12H23NO4/c1-15-4-5-16-9-10(14)6-13-7-11-2-3-12(8-13)17-11/h10-12,14H,2-9H2,1H3. The molecule has 0 aromatic rings. The molecule has 0 saturated carbocycles. The Labute approximate surface area is 103 Å². The fourth-order valence-electron chi connectivity index (χ4n) is 2.56. The third kappa shape index (κ3) is 4.19. The van der Waals surface area contributed by atoms with E-state index in [1.165, 1.54) is 12.8 Å². The summed E-state index contributed by atoms with van der Waals surface area (Å²) in [5, 5.41) is 9.85. The van der Waals surface area contributed by atoms with Gasteiger partial charge in [-0.2, -0.15) is 0 Å². The van der Waals surface area contributed by atoms with Crippen molar-refractivity contribution in [1.29, 1.82) is 0 Å². The fourth-order valence-corrected chi connectivity index (χ4v) is 2.56. The predicted octanol–water partition coefficient (Wildman–Crippen LogP) is -0.126. The SMILES string of the molecule is COCCOCC(O)CN1CC2CCC(C1)O2. The molecule has 5 nitrogen and oxygen atoms in total. The lowest BCUT2D eigenvalue weighted by Gasteiger charge is -2.33. The summed E-state index contributed by atoms with van der Waals surface area (Å²) in [6.07, 6.45) is 2.69. The zero-order valence-electron chi connectivity index (χ0n) is 10.5. The van der Waals surface area contributed by atoms with Crippen LogP contribution < -0.4 is 0 Å². The molecule has 2 rings (SSSR count). The van der Waals surface area contributed by atoms with Crippen molar-refractivity contribution in [2.45, 2.75) is 31.2 Å². The Hall–Kier alpha value is -0.200. The minimum absolute atomic E-state index is 0.385. The average molecular weight is 245 g/mol. The highest BCUT2D eigenvalue weighted by Gasteiger charge is 2.34. The Balaban J connectivity index is 1.60. The average Bonchev–Trinajstić information content (AvgIpc) is 2.64. The molecule has 2 bridgehead atoms. The van der Waals surface area contributed by atoms with Crippen LogP contribution in [-0.2, 0) is 14.2 Å². The molecule has 0 amide bonds. The van der Waals surface area contributed by atoms with Crippen LogP contribution in [0.4, 0.5) is 0 Å². The number of rotatable bonds is 7. The Morgan fingerprint density at radius 3 is 2.65 bits per heavy atom. The van der Waals surface area contributed by atoms with E-state index < -0.39 is 6.10 Å². The molecule has 0 spiro atoms. The number of hydrogen-bond donors (Lipinski definition) is 1. The predicted molar refractivity (Wildman–Crippen MR) is 63.0 cm³/mol. The molecule has 0 aromatic heterocycles. The highest BCUT2D eigenvalue weighted by molar-refractivity contribution is 4.85. The molecule has 100 valence electrons. The van der Waals surface area contributed by atoms with Crippen LogP contribution in [-0.4, -0.2) is 74.9 Å². The van der Waals surface area contributed by atoms with Crippen LogP contribution in [0.3, 0.4) is 0 Å². The van der Waals surface area contributed by atoms with E-state index in [1.54, 1.807) is 7.11 Å². The van der Waals surface area contributed by atoms with Gasteiger partial charge < -0.3 is 19.3 Å². The van der Waals surface area contributed by atoms with Gasteiger partial charge in [0.2, 0.25) is 0 Å². The molecule has 1 N–H and O–H groups in total. The van der Waals surface area contributed by atoms with Gasteiger partial charge in [-0.05, 0) is 12.8 Å². The molecule has 0 aromatic carbocycles. The van der Waals surface area contributed by atoms with Crippen molar-refractivity contribution in [1.82, 2.24) is 4.90 Å². The summed E-state index contributed by atoms with van der Waals surface area (Å²) < 4.78 is 15.9. The first-order chi connectivity index (χ1) is 8.28. The van der Waals surface area contributed by atoms with Gasteiger partial charge in [-0.15, -0.1) is 0 Å². The molecule has 5 heteroatoms. The monoisotopic (exact) mass is 245 g/mol. The van der Waals surface area contributed by atoms with Gasteiger partial charge >= 0.3 is 0 Å². The van der Waals surface area contributed by atoms with Gasteiger partial charge in [-0.25, -0.2) is 0 Å². The second-order valence-electron chi connectivity index (χ2n) is 4.90. The molecule has 2 aliphatic heterocycles. The zero-order chi connectivity index (χ0) is 12.1. The van der Waals surface area contributed by atoms with E-state index in [0.29, 0.717) is 38.6 Å². The third-order valence-electron chi connectivity index (χ3n) is 3.33. The van der Waals surface area contributed by atoms with Gasteiger partial charge in [0, 0.05) is 26.7 Å². The lowest BCUT2D eigenvalue weighted by Crippen LogP contribution is -2.46. The van der Waals surface area contributed by atoms with E-state index >= 15 is 0 Å². The first kappa shape index (κ1) is 13.2. The van der Waals surface area contributed by atoms with Crippen molar-refractivity contribution in [2.75, 3.05) is 46.6 Å². The summed E-state index contributed by atoms with van der Waals surface area (Å²) in [5.74, 6) is 0. The van der Waals surface area contributed by atoms with Crippen LogP contribution in [0.25, 0.3) is 0 Å². The molecule has 2 heterocycles. The number of hydrogen-bond acceptors (Lipinski definition) is 5. The van der Waals surface area contributed by atoms with Crippen molar-refractivity contribution in [3.63, 3.8) is 0 Å². The number of aliphatic hydroxyl groups is 1. The van der Waals surface area contributed by atoms with E-state index in [-0.39, 0.29) is 0 Å². The Morgan fingerprint density at radius 2 is 2.00 bits per heavy atom. The smallest absolute Gasteiger partial charge is 0.0900 e. The molecule has 0 radical (unpaired) electrons. The first-order valence-corrected chi connectivity index (χ1v) is 6.40. The summed E-state index contributed by atoms with van der Waals surface area (Å²) in [6, 6.07) is 0. The van der Waals surface area contributed by atoms with Gasteiger partial charge in [0.05, 0.1) is 38.1 Å². The molecule has 2 aliphatic rings. The number of likely N-dealkylation sites (tertiary alicyclic amines) is 1. The highest BCUT2D eigenvalue weighted by Crippen LogP contribution is 2.26. The second-order valence-corrected chi connectivity index (χ2v) is 4.90. The minimum atomic E-state index is -0.413. The van der Waals surface area contributed by atoms with Gasteiger partial charge in [0.15, 0.2) is 0 Å². The van der Waals surface area contributed by atoms with E-state index in [4.69, 9.17) is 14.2 Å². The van der Waals surface area contributed by atoms with E-state index in [2.05, 4.69) is 4.90 Å². The number of fused-ring (bicyclic) bond motifs is 2. The molecule has 17 heavy (non-hydrogen) atoms. The maximum absolute atomic E-state index is 9.85. The summed E-state index contributed by atoms with van der Waals surface area (Å²) in [4.78, 5) is 2.29. The van der Waals surface area contributed by atoms with Crippen molar-refractivity contribution in [3.8, 4) is 0 Å². The van der Waals surface area contributed by atoms with Crippen molar-refractivity contribution in [3.05, 3.63) is 0 Å². The maximum Gasteiger partial charge on any atom is 0.0900 e. The topological polar surface area (TPSA) is 51.2 Å². The van der Waals surface area contributed by atoms with Crippen molar-refractivity contribution < 1.29 is 19.3 Å². The van der Waals surface area contributed by atoms with Crippen LogP contribution in [0.2, 0.25) is 0 Å². The fraction of sp³-hybridized carbons (Fsp3) is 1.00. The van der Waals surface area contributed by atoms with Crippen LogP contribution >= 0.6 is 0 Å². The lowest BCUT2D eigenvalue weighted by atomic mass is 10.2. The number of morpholine rings is 1. The first-order valence-electron chi connectivity index (χ1n) is 6.40. The second kappa shape index (κ2) is 6.66. The number of β-amino-alcohol motifs (C(OH)–C–C–N with tert-alkyl or cyclic N) is 1. The molecule has 2 saturated heterocycles. The number of aliphatic hydroxyl groups excluding tert-OH is 1. The molecular formula is C12H23NO4. The lowest BCUT2D eigenvalue weighted by molar-refractivity contribution is -0.0602. The number of nitrogens with zero attached hydrogens (tertiary/aromatic N) is 1. The molecular weight excluding hydrogens is 222 g/mol. The summed E-state index contributed by atoms with van der Waals surface area (Å²) in [5.41, 5.74) is 0. The number of ether oxygens (including phenoxy) is 3. The van der Waals surface area contributed by atoms with Crippen LogP contribution in [0.1, 0.15) is 12.8 Å². The van der Waals surface area contributed by atoms with Crippen LogP contribution in [0.5, 0.6) is 0 Å². The minimum Gasteiger partial charge on any atom is -0.389 e. The Bertz CT molecular complexity index is 215. The van der Waals surface area contributed by atoms with E-state index in [1.807, 2.05) is 0 Å². The quantitative estimate of drug-likeness (QED) is 0.633. The molecule has 0 aliphatic carbocycles. The highest BCUT2D eigenvalue weighted by atomic mass is 16.5. The molecule has 3 unspecified atom stereocenters. The van der Waals surface area contributed by atoms with Gasteiger partial charge in [-0.1, -0.05) is 0 Å². The molecule has 3 atom stereocenters. The normalized spacial score (nSPS) is 30.7. The number of methoxy groups -OCH3 is 1. The van der Waals surface area contributed by atoms with E-state index in [0.717, 1.165) is 13.1 Å². The van der Waals surface area contributed by atoms with Crippen LogP contribution in [0, 0.1) is 0 Å². The summed E-state index contributed by atoms with van der Waals surface area (Å²) >= 11 is 0. The van der Waals surface area contributed by atoms with Crippen molar-refractivity contribution >= 4 is 0 Å². The Kier molecular flexibility index (Phi) is 5.18. The summed E-state index contributed by atoms with van der Waals surface area (Å²) in [6.45, 7) is 4.09. The largest absolute Gasteiger partial charge is 0.389 e. The summed E-state index contributed by atoms with van der Waals surface area (Å²) in [7, 11) is 1.64. The van der Waals surface area contributed by atoms with Crippen LogP contribution in [0.15, 0.2) is 0 Å². The third-order valence-corrected chi connectivity index (χ3v) is 3.33. The van der Waals surface area contributed by atoms with Gasteiger partial charge in [0.1, 0.15) is 0 Å². The van der Waals surface area contributed by atoms with Gasteiger partial charge in [-0.3, -0.25) is 4.90 Å². The van der Waals surface area contributed by atoms with Crippen molar-refractivity contribution in [2.24, 2.45) is 0 Å². The Morgan fingerprint density at radius 1 is 1.29 bits per heavy atom. The molecule has 2 fully saturated rings. The van der Waals surface area contributed by atoms with Gasteiger partial charge in [0.25, 0.3) is 0 Å². The maximum atomic E-state index is 9.85.